The highest BCUT2D eigenvalue weighted by atomic mass is 16.5. The van der Waals surface area contributed by atoms with Gasteiger partial charge in [-0.25, -0.2) is 0 Å². The third-order valence-corrected chi connectivity index (χ3v) is 3.12. The normalized spacial score (nSPS) is 14.2. The van der Waals surface area contributed by atoms with Crippen molar-refractivity contribution in [3.63, 3.8) is 0 Å². The molecule has 2 heteroatoms. The molecule has 1 aromatic rings. The SMILES string of the molecule is CCCC(C)CNC(C)COc1ccc(C)cc1. The van der Waals surface area contributed by atoms with Crippen LogP contribution < -0.4 is 10.1 Å². The second-order valence-electron chi connectivity index (χ2n) is 5.33. The fourth-order valence-electron chi connectivity index (χ4n) is 1.91. The van der Waals surface area contributed by atoms with Crippen molar-refractivity contribution in [2.75, 3.05) is 13.2 Å². The summed E-state index contributed by atoms with van der Waals surface area (Å²) in [4.78, 5) is 0. The quantitative estimate of drug-likeness (QED) is 0.757. The van der Waals surface area contributed by atoms with Crippen molar-refractivity contribution < 1.29 is 4.74 Å². The van der Waals surface area contributed by atoms with E-state index < -0.39 is 0 Å². The topological polar surface area (TPSA) is 21.3 Å². The molecule has 1 rings (SSSR count). The summed E-state index contributed by atoms with van der Waals surface area (Å²) in [5.74, 6) is 1.70. The van der Waals surface area contributed by atoms with Crippen LogP contribution in [0.25, 0.3) is 0 Å². The van der Waals surface area contributed by atoms with E-state index in [0.29, 0.717) is 6.04 Å². The van der Waals surface area contributed by atoms with Gasteiger partial charge in [-0.3, -0.25) is 0 Å². The highest BCUT2D eigenvalue weighted by Gasteiger charge is 2.05. The predicted molar refractivity (Wildman–Crippen MR) is 78.2 cm³/mol. The summed E-state index contributed by atoms with van der Waals surface area (Å²) < 4.78 is 5.75. The minimum Gasteiger partial charge on any atom is -0.492 e. The number of ether oxygens (including phenoxy) is 1. The summed E-state index contributed by atoms with van der Waals surface area (Å²) in [7, 11) is 0. The summed E-state index contributed by atoms with van der Waals surface area (Å²) in [5.41, 5.74) is 1.27. The Hall–Kier alpha value is -1.02. The Morgan fingerprint density at radius 3 is 2.44 bits per heavy atom. The first-order valence-corrected chi connectivity index (χ1v) is 7.04. The lowest BCUT2D eigenvalue weighted by Crippen LogP contribution is -2.34. The molecular formula is C16H27NO. The average molecular weight is 249 g/mol. The Bertz CT molecular complexity index is 320. The molecular weight excluding hydrogens is 222 g/mol. The molecule has 0 radical (unpaired) electrons. The lowest BCUT2D eigenvalue weighted by atomic mass is 10.1. The van der Waals surface area contributed by atoms with Gasteiger partial charge < -0.3 is 10.1 Å². The summed E-state index contributed by atoms with van der Waals surface area (Å²) in [6.45, 7) is 10.6. The van der Waals surface area contributed by atoms with Crippen LogP contribution in [0.4, 0.5) is 0 Å². The lowest BCUT2D eigenvalue weighted by Gasteiger charge is -2.18. The lowest BCUT2D eigenvalue weighted by molar-refractivity contribution is 0.266. The van der Waals surface area contributed by atoms with Crippen molar-refractivity contribution >= 4 is 0 Å². The molecule has 2 atom stereocenters. The van der Waals surface area contributed by atoms with Gasteiger partial charge in [-0.15, -0.1) is 0 Å². The summed E-state index contributed by atoms with van der Waals surface area (Å²) in [6.07, 6.45) is 2.55. The molecule has 18 heavy (non-hydrogen) atoms. The van der Waals surface area contributed by atoms with Crippen LogP contribution in [-0.2, 0) is 0 Å². The van der Waals surface area contributed by atoms with Gasteiger partial charge in [0.05, 0.1) is 0 Å². The van der Waals surface area contributed by atoms with Crippen molar-refractivity contribution in [1.29, 1.82) is 0 Å². The molecule has 0 aliphatic heterocycles. The third-order valence-electron chi connectivity index (χ3n) is 3.12. The molecule has 0 amide bonds. The maximum atomic E-state index is 5.75. The van der Waals surface area contributed by atoms with Crippen LogP contribution in [0.3, 0.4) is 0 Å². The molecule has 0 bridgehead atoms. The van der Waals surface area contributed by atoms with E-state index in [1.54, 1.807) is 0 Å². The van der Waals surface area contributed by atoms with E-state index in [0.717, 1.165) is 24.8 Å². The van der Waals surface area contributed by atoms with Gasteiger partial charge >= 0.3 is 0 Å². The van der Waals surface area contributed by atoms with E-state index in [2.05, 4.69) is 45.1 Å². The molecule has 2 nitrogen and oxygen atoms in total. The first-order valence-electron chi connectivity index (χ1n) is 7.04. The molecule has 0 saturated heterocycles. The number of benzene rings is 1. The molecule has 0 aliphatic carbocycles. The van der Waals surface area contributed by atoms with Crippen LogP contribution in [0.1, 0.15) is 39.2 Å². The molecule has 1 N–H and O–H groups in total. The van der Waals surface area contributed by atoms with Crippen LogP contribution in [0.5, 0.6) is 5.75 Å². The molecule has 0 fully saturated rings. The summed E-state index contributed by atoms with van der Waals surface area (Å²) in [6, 6.07) is 8.61. The number of hydrogen-bond acceptors (Lipinski definition) is 2. The van der Waals surface area contributed by atoms with Crippen LogP contribution in [0.15, 0.2) is 24.3 Å². The van der Waals surface area contributed by atoms with Gasteiger partial charge in [0.2, 0.25) is 0 Å². The number of rotatable bonds is 8. The number of aryl methyl sites for hydroxylation is 1. The second kappa shape index (κ2) is 8.15. The molecule has 0 spiro atoms. The van der Waals surface area contributed by atoms with E-state index in [1.165, 1.54) is 18.4 Å². The first kappa shape index (κ1) is 15.0. The fraction of sp³-hybridized carbons (Fsp3) is 0.625. The highest BCUT2D eigenvalue weighted by molar-refractivity contribution is 5.26. The molecule has 0 saturated carbocycles. The van der Waals surface area contributed by atoms with Gasteiger partial charge in [0.25, 0.3) is 0 Å². The van der Waals surface area contributed by atoms with Gasteiger partial charge in [0.1, 0.15) is 12.4 Å². The summed E-state index contributed by atoms with van der Waals surface area (Å²) in [5, 5.41) is 3.52. The van der Waals surface area contributed by atoms with E-state index in [-0.39, 0.29) is 0 Å². The molecule has 102 valence electrons. The molecule has 0 aromatic heterocycles. The van der Waals surface area contributed by atoms with E-state index in [9.17, 15) is 0 Å². The predicted octanol–water partition coefficient (Wildman–Crippen LogP) is 3.79. The zero-order chi connectivity index (χ0) is 13.4. The van der Waals surface area contributed by atoms with Crippen molar-refractivity contribution in [3.8, 4) is 5.75 Å². The Balaban J connectivity index is 2.20. The highest BCUT2D eigenvalue weighted by Crippen LogP contribution is 2.11. The monoisotopic (exact) mass is 249 g/mol. The molecule has 0 aliphatic rings. The standard InChI is InChI=1S/C16H27NO/c1-5-6-14(3)11-17-15(4)12-18-16-9-7-13(2)8-10-16/h7-10,14-15,17H,5-6,11-12H2,1-4H3. The third kappa shape index (κ3) is 6.06. The van der Waals surface area contributed by atoms with Gasteiger partial charge in [-0.1, -0.05) is 38.0 Å². The number of hydrogen-bond donors (Lipinski definition) is 1. The van der Waals surface area contributed by atoms with Crippen LogP contribution in [0.2, 0.25) is 0 Å². The Labute approximate surface area is 112 Å². The largest absolute Gasteiger partial charge is 0.492 e. The van der Waals surface area contributed by atoms with Crippen LogP contribution in [0, 0.1) is 12.8 Å². The molecule has 0 heterocycles. The van der Waals surface area contributed by atoms with Gasteiger partial charge in [-0.2, -0.15) is 0 Å². The van der Waals surface area contributed by atoms with Crippen molar-refractivity contribution in [2.24, 2.45) is 5.92 Å². The van der Waals surface area contributed by atoms with Gasteiger partial charge in [-0.05, 0) is 44.9 Å². The minimum atomic E-state index is 0.394. The molecule has 2 unspecified atom stereocenters. The second-order valence-corrected chi connectivity index (χ2v) is 5.33. The van der Waals surface area contributed by atoms with Crippen molar-refractivity contribution in [3.05, 3.63) is 29.8 Å². The first-order chi connectivity index (χ1) is 8.61. The van der Waals surface area contributed by atoms with E-state index in [1.807, 2.05) is 12.1 Å². The average Bonchev–Trinajstić information content (AvgIpc) is 2.36. The fourth-order valence-corrected chi connectivity index (χ4v) is 1.91. The molecule has 1 aromatic carbocycles. The smallest absolute Gasteiger partial charge is 0.119 e. The zero-order valence-corrected chi connectivity index (χ0v) is 12.2. The zero-order valence-electron chi connectivity index (χ0n) is 12.2. The van der Waals surface area contributed by atoms with E-state index in [4.69, 9.17) is 4.74 Å². The Morgan fingerprint density at radius 1 is 1.17 bits per heavy atom. The van der Waals surface area contributed by atoms with Gasteiger partial charge in [0.15, 0.2) is 0 Å². The van der Waals surface area contributed by atoms with Gasteiger partial charge in [0, 0.05) is 6.04 Å². The Morgan fingerprint density at radius 2 is 1.83 bits per heavy atom. The maximum absolute atomic E-state index is 5.75. The van der Waals surface area contributed by atoms with E-state index >= 15 is 0 Å². The van der Waals surface area contributed by atoms with Crippen LogP contribution >= 0.6 is 0 Å². The van der Waals surface area contributed by atoms with Crippen LogP contribution in [-0.4, -0.2) is 19.2 Å². The maximum Gasteiger partial charge on any atom is 0.119 e. The number of nitrogens with one attached hydrogen (secondary N) is 1. The van der Waals surface area contributed by atoms with Crippen molar-refractivity contribution in [2.45, 2.75) is 46.6 Å². The Kier molecular flexibility index (Phi) is 6.81. The van der Waals surface area contributed by atoms with Crippen molar-refractivity contribution in [1.82, 2.24) is 5.32 Å². The minimum absolute atomic E-state index is 0.394. The summed E-state index contributed by atoms with van der Waals surface area (Å²) >= 11 is 0.